The maximum absolute atomic E-state index is 10.5. The van der Waals surface area contributed by atoms with E-state index < -0.39 is 11.3 Å². The Bertz CT molecular complexity index is 224. The molecule has 1 aromatic rings. The molecule has 11 heavy (non-hydrogen) atoms. The molecule has 1 heterocycles. The number of hydrogen-bond acceptors (Lipinski definition) is 3. The summed E-state index contributed by atoms with van der Waals surface area (Å²) in [6, 6.07) is 2.97. The molecular formula is C6H7Cl2NOS. The van der Waals surface area contributed by atoms with Gasteiger partial charge in [0.1, 0.15) is 6.04 Å². The predicted octanol–water partition coefficient (Wildman–Crippen LogP) is 1.94. The molecule has 62 valence electrons. The summed E-state index contributed by atoms with van der Waals surface area (Å²) in [6.45, 7) is 0. The molecule has 0 aromatic carbocycles. The van der Waals surface area contributed by atoms with Gasteiger partial charge in [0, 0.05) is 4.88 Å². The molecule has 0 spiro atoms. The van der Waals surface area contributed by atoms with Crippen molar-refractivity contribution in [3.8, 4) is 0 Å². The van der Waals surface area contributed by atoms with Gasteiger partial charge in [0.25, 0.3) is 0 Å². The molecule has 1 rings (SSSR count). The van der Waals surface area contributed by atoms with Gasteiger partial charge in [-0.2, -0.15) is 0 Å². The maximum atomic E-state index is 10.5. The maximum Gasteiger partial charge on any atom is 0.243 e. The number of carbonyl (C=O) groups excluding carboxylic acids is 1. The first-order valence-corrected chi connectivity index (χ1v) is 3.96. The topological polar surface area (TPSA) is 43.1 Å². The first-order chi connectivity index (χ1) is 4.72. The molecule has 0 aliphatic rings. The number of thiophene rings is 1. The second kappa shape index (κ2) is 4.72. The summed E-state index contributed by atoms with van der Waals surface area (Å²) < 4.78 is 0. The van der Waals surface area contributed by atoms with Gasteiger partial charge in [-0.3, -0.25) is 4.79 Å². The van der Waals surface area contributed by atoms with Crippen LogP contribution in [-0.2, 0) is 4.79 Å². The zero-order valence-corrected chi connectivity index (χ0v) is 7.88. The summed E-state index contributed by atoms with van der Waals surface area (Å²) in [5, 5.41) is 1.34. The van der Waals surface area contributed by atoms with Gasteiger partial charge in [-0.25, -0.2) is 0 Å². The lowest BCUT2D eigenvalue weighted by atomic mass is 10.3. The van der Waals surface area contributed by atoms with Gasteiger partial charge < -0.3 is 5.73 Å². The van der Waals surface area contributed by atoms with E-state index >= 15 is 0 Å². The average molecular weight is 212 g/mol. The highest BCUT2D eigenvalue weighted by Crippen LogP contribution is 2.18. The van der Waals surface area contributed by atoms with E-state index in [9.17, 15) is 4.79 Å². The lowest BCUT2D eigenvalue weighted by Crippen LogP contribution is -2.15. The van der Waals surface area contributed by atoms with Crippen LogP contribution in [-0.4, -0.2) is 5.24 Å². The van der Waals surface area contributed by atoms with Gasteiger partial charge in [0.2, 0.25) is 5.24 Å². The Morgan fingerprint density at radius 3 is 2.73 bits per heavy atom. The Hall–Kier alpha value is -0.0900. The minimum atomic E-state index is -0.651. The molecule has 0 amide bonds. The minimum absolute atomic E-state index is 0. The fourth-order valence-electron chi connectivity index (χ4n) is 0.580. The SMILES string of the molecule is Cl.NC(C(=O)Cl)c1cccs1. The molecule has 0 saturated carbocycles. The third kappa shape index (κ3) is 2.79. The van der Waals surface area contributed by atoms with E-state index in [1.54, 1.807) is 6.07 Å². The van der Waals surface area contributed by atoms with Crippen molar-refractivity contribution in [2.75, 3.05) is 0 Å². The molecule has 2 nitrogen and oxygen atoms in total. The fourth-order valence-corrected chi connectivity index (χ4v) is 1.49. The highest BCUT2D eigenvalue weighted by Gasteiger charge is 2.12. The highest BCUT2D eigenvalue weighted by atomic mass is 35.5. The van der Waals surface area contributed by atoms with Crippen LogP contribution in [0.4, 0.5) is 0 Å². The van der Waals surface area contributed by atoms with Gasteiger partial charge in [0.15, 0.2) is 0 Å². The Balaban J connectivity index is 0.000001000. The van der Waals surface area contributed by atoms with Crippen LogP contribution >= 0.6 is 35.3 Å². The van der Waals surface area contributed by atoms with E-state index in [0.29, 0.717) is 0 Å². The smallest absolute Gasteiger partial charge is 0.243 e. The number of nitrogens with two attached hydrogens (primary N) is 1. The van der Waals surface area contributed by atoms with Crippen molar-refractivity contribution in [3.63, 3.8) is 0 Å². The molecule has 5 heteroatoms. The van der Waals surface area contributed by atoms with Crippen LogP contribution in [0.1, 0.15) is 10.9 Å². The van der Waals surface area contributed by atoms with Crippen molar-refractivity contribution in [3.05, 3.63) is 22.4 Å². The van der Waals surface area contributed by atoms with Gasteiger partial charge in [-0.1, -0.05) is 6.07 Å². The molecule has 2 N–H and O–H groups in total. The summed E-state index contributed by atoms with van der Waals surface area (Å²) in [7, 11) is 0. The van der Waals surface area contributed by atoms with Crippen LogP contribution in [0.5, 0.6) is 0 Å². The van der Waals surface area contributed by atoms with Gasteiger partial charge in [0.05, 0.1) is 0 Å². The lowest BCUT2D eigenvalue weighted by molar-refractivity contribution is -0.112. The Morgan fingerprint density at radius 2 is 2.36 bits per heavy atom. The van der Waals surface area contributed by atoms with Crippen LogP contribution < -0.4 is 5.73 Å². The van der Waals surface area contributed by atoms with E-state index in [2.05, 4.69) is 0 Å². The number of carbonyl (C=O) groups is 1. The zero-order chi connectivity index (χ0) is 7.56. The molecule has 0 saturated heterocycles. The number of hydrogen-bond donors (Lipinski definition) is 1. The molecule has 1 atom stereocenters. The number of halogens is 2. The first-order valence-electron chi connectivity index (χ1n) is 2.70. The molecule has 1 unspecified atom stereocenters. The van der Waals surface area contributed by atoms with Crippen LogP contribution in [0.3, 0.4) is 0 Å². The molecule has 0 aliphatic carbocycles. The van der Waals surface area contributed by atoms with Crippen LogP contribution in [0, 0.1) is 0 Å². The summed E-state index contributed by atoms with van der Waals surface area (Å²) in [4.78, 5) is 11.3. The molecule has 0 radical (unpaired) electrons. The minimum Gasteiger partial charge on any atom is -0.316 e. The number of rotatable bonds is 2. The third-order valence-corrected chi connectivity index (χ3v) is 2.28. The Kier molecular flexibility index (Phi) is 4.68. The lowest BCUT2D eigenvalue weighted by Gasteiger charge is -1.99. The van der Waals surface area contributed by atoms with Crippen LogP contribution in [0.25, 0.3) is 0 Å². The summed E-state index contributed by atoms with van der Waals surface area (Å²) in [5.74, 6) is 0. The van der Waals surface area contributed by atoms with Crippen LogP contribution in [0.2, 0.25) is 0 Å². The fraction of sp³-hybridized carbons (Fsp3) is 0.167. The zero-order valence-electron chi connectivity index (χ0n) is 5.49. The summed E-state index contributed by atoms with van der Waals surface area (Å²) in [5.41, 5.74) is 5.41. The standard InChI is InChI=1S/C6H6ClNOS.ClH/c7-6(9)5(8)4-2-1-3-10-4;/h1-3,5H,8H2;1H. The van der Waals surface area contributed by atoms with Crippen molar-refractivity contribution in [1.82, 2.24) is 0 Å². The second-order valence-corrected chi connectivity index (χ2v) is 3.15. The third-order valence-electron chi connectivity index (χ3n) is 1.09. The monoisotopic (exact) mass is 211 g/mol. The summed E-state index contributed by atoms with van der Waals surface area (Å²) in [6.07, 6.45) is 0. The van der Waals surface area contributed by atoms with E-state index in [4.69, 9.17) is 17.3 Å². The summed E-state index contributed by atoms with van der Waals surface area (Å²) >= 11 is 6.59. The van der Waals surface area contributed by atoms with Crippen molar-refractivity contribution in [2.24, 2.45) is 5.73 Å². The van der Waals surface area contributed by atoms with Crippen molar-refractivity contribution < 1.29 is 4.79 Å². The van der Waals surface area contributed by atoms with Crippen molar-refractivity contribution in [2.45, 2.75) is 6.04 Å². The molecular weight excluding hydrogens is 205 g/mol. The van der Waals surface area contributed by atoms with E-state index in [1.807, 2.05) is 11.4 Å². The van der Waals surface area contributed by atoms with Gasteiger partial charge >= 0.3 is 0 Å². The Labute approximate surface area is 79.8 Å². The van der Waals surface area contributed by atoms with Crippen molar-refractivity contribution >= 4 is 40.6 Å². The van der Waals surface area contributed by atoms with E-state index in [1.165, 1.54) is 11.3 Å². The Morgan fingerprint density at radius 1 is 1.73 bits per heavy atom. The van der Waals surface area contributed by atoms with Gasteiger partial charge in [-0.05, 0) is 23.0 Å². The molecule has 0 bridgehead atoms. The normalized spacial score (nSPS) is 11.8. The predicted molar refractivity (Wildman–Crippen MR) is 49.4 cm³/mol. The quantitative estimate of drug-likeness (QED) is 0.761. The average Bonchev–Trinajstić information content (AvgIpc) is 2.36. The highest BCUT2D eigenvalue weighted by molar-refractivity contribution is 7.10. The van der Waals surface area contributed by atoms with Gasteiger partial charge in [-0.15, -0.1) is 23.7 Å². The van der Waals surface area contributed by atoms with Crippen LogP contribution in [0.15, 0.2) is 17.5 Å². The van der Waals surface area contributed by atoms with Crippen molar-refractivity contribution in [1.29, 1.82) is 0 Å². The second-order valence-electron chi connectivity index (χ2n) is 1.80. The molecule has 0 aliphatic heterocycles. The van der Waals surface area contributed by atoms with E-state index in [-0.39, 0.29) is 12.4 Å². The molecule has 1 aromatic heterocycles. The van der Waals surface area contributed by atoms with E-state index in [0.717, 1.165) is 4.88 Å². The molecule has 0 fully saturated rings. The largest absolute Gasteiger partial charge is 0.316 e. The first kappa shape index (κ1) is 10.9.